The third-order valence-electron chi connectivity index (χ3n) is 3.34. The van der Waals surface area contributed by atoms with E-state index < -0.39 is 0 Å². The highest BCUT2D eigenvalue weighted by Gasteiger charge is 2.21. The van der Waals surface area contributed by atoms with E-state index in [2.05, 4.69) is 15.6 Å². The maximum Gasteiger partial charge on any atom is 0.238 e. The van der Waals surface area contributed by atoms with Gasteiger partial charge in [0.2, 0.25) is 5.91 Å². The predicted octanol–water partition coefficient (Wildman–Crippen LogP) is 1.88. The fourth-order valence-electron chi connectivity index (χ4n) is 2.22. The Kier molecular flexibility index (Phi) is 5.50. The fraction of sp³-hybridized carbons (Fsp3) is 0.429. The molecule has 1 aromatic carbocycles. The second kappa shape index (κ2) is 7.15. The lowest BCUT2D eigenvalue weighted by Crippen LogP contribution is -2.42. The van der Waals surface area contributed by atoms with Crippen molar-refractivity contribution in [2.24, 2.45) is 0 Å². The Bertz CT molecular complexity index is 626. The van der Waals surface area contributed by atoms with E-state index in [9.17, 15) is 4.79 Å². The molecule has 1 aromatic heterocycles. The Morgan fingerprint density at radius 1 is 1.57 bits per heavy atom. The van der Waals surface area contributed by atoms with Crippen LogP contribution in [0.5, 0.6) is 0 Å². The first kappa shape index (κ1) is 16.1. The van der Waals surface area contributed by atoms with Crippen molar-refractivity contribution in [1.29, 1.82) is 0 Å². The molecular formula is C14H18ClN3O2S. The maximum atomic E-state index is 11.8. The van der Waals surface area contributed by atoms with E-state index in [0.717, 1.165) is 28.3 Å². The summed E-state index contributed by atoms with van der Waals surface area (Å²) in [6, 6.07) is 5.82. The minimum Gasteiger partial charge on any atom is -0.441 e. The Hall–Kier alpha value is -1.24. The van der Waals surface area contributed by atoms with Crippen LogP contribution in [0.4, 0.5) is 0 Å². The zero-order valence-corrected chi connectivity index (χ0v) is 13.4. The van der Waals surface area contributed by atoms with Crippen molar-refractivity contribution in [3.8, 4) is 0 Å². The molecule has 114 valence electrons. The smallest absolute Gasteiger partial charge is 0.238 e. The topological polar surface area (TPSA) is 67.2 Å². The molecule has 2 N–H and O–H groups in total. The number of nitrogens with one attached hydrogen (secondary N) is 2. The number of para-hydroxylation sites is 1. The molecule has 0 saturated carbocycles. The second-order valence-corrected chi connectivity index (χ2v) is 5.87. The average molecular weight is 328 g/mol. The minimum absolute atomic E-state index is 0. The number of halogens is 1. The number of aromatic nitrogens is 1. The lowest BCUT2D eigenvalue weighted by atomic mass is 10.2. The van der Waals surface area contributed by atoms with Gasteiger partial charge in [-0.15, -0.1) is 24.2 Å². The van der Waals surface area contributed by atoms with Crippen LogP contribution in [-0.4, -0.2) is 35.1 Å². The Labute approximate surface area is 133 Å². The summed E-state index contributed by atoms with van der Waals surface area (Å²) in [5, 5.41) is 6.06. The van der Waals surface area contributed by atoms with Gasteiger partial charge in [0.1, 0.15) is 5.52 Å². The molecule has 0 bridgehead atoms. The summed E-state index contributed by atoms with van der Waals surface area (Å²) in [7, 11) is 0. The van der Waals surface area contributed by atoms with Gasteiger partial charge >= 0.3 is 0 Å². The summed E-state index contributed by atoms with van der Waals surface area (Å²) in [6.45, 7) is 2.56. The molecule has 0 aliphatic carbocycles. The Morgan fingerprint density at radius 2 is 2.43 bits per heavy atom. The van der Waals surface area contributed by atoms with Crippen molar-refractivity contribution in [3.63, 3.8) is 0 Å². The monoisotopic (exact) mass is 327 g/mol. The number of fused-ring (bicyclic) bond motifs is 1. The van der Waals surface area contributed by atoms with Crippen LogP contribution in [0.1, 0.15) is 11.5 Å². The highest BCUT2D eigenvalue weighted by atomic mass is 35.5. The molecular weight excluding hydrogens is 310 g/mol. The van der Waals surface area contributed by atoms with Gasteiger partial charge in [-0.2, -0.15) is 0 Å². The first-order valence-electron chi connectivity index (χ1n) is 6.68. The van der Waals surface area contributed by atoms with E-state index in [4.69, 9.17) is 4.42 Å². The van der Waals surface area contributed by atoms with E-state index in [1.165, 1.54) is 0 Å². The molecule has 5 nitrogen and oxygen atoms in total. The molecule has 21 heavy (non-hydrogen) atoms. The number of thioether (sulfide) groups is 1. The summed E-state index contributed by atoms with van der Waals surface area (Å²) in [6.07, 6.45) is 0.611. The maximum absolute atomic E-state index is 11.8. The van der Waals surface area contributed by atoms with Gasteiger partial charge in [0.05, 0.1) is 6.04 Å². The molecule has 1 atom stereocenters. The number of carbonyl (C=O) groups is 1. The van der Waals surface area contributed by atoms with Gasteiger partial charge in [0.15, 0.2) is 11.5 Å². The number of amides is 1. The number of oxazole rings is 1. The van der Waals surface area contributed by atoms with Crippen LogP contribution in [0.15, 0.2) is 22.6 Å². The van der Waals surface area contributed by atoms with E-state index in [1.807, 2.05) is 25.1 Å². The van der Waals surface area contributed by atoms with Crippen molar-refractivity contribution in [2.45, 2.75) is 19.4 Å². The minimum atomic E-state index is -0.0640. The summed E-state index contributed by atoms with van der Waals surface area (Å²) < 4.78 is 5.67. The highest BCUT2D eigenvalue weighted by molar-refractivity contribution is 7.99. The lowest BCUT2D eigenvalue weighted by molar-refractivity contribution is -0.122. The van der Waals surface area contributed by atoms with Crippen molar-refractivity contribution in [3.05, 3.63) is 29.7 Å². The molecule has 1 amide bonds. The molecule has 0 radical (unpaired) electrons. The first-order valence-corrected chi connectivity index (χ1v) is 7.83. The largest absolute Gasteiger partial charge is 0.441 e. The summed E-state index contributed by atoms with van der Waals surface area (Å²) in [5.74, 6) is 2.42. The number of aryl methyl sites for hydroxylation is 1. The fourth-order valence-corrected chi connectivity index (χ4v) is 3.16. The predicted molar refractivity (Wildman–Crippen MR) is 87.0 cm³/mol. The lowest BCUT2D eigenvalue weighted by Gasteiger charge is -2.09. The number of hydrogen-bond acceptors (Lipinski definition) is 5. The van der Waals surface area contributed by atoms with Gasteiger partial charge < -0.3 is 9.73 Å². The number of hydrogen-bond donors (Lipinski definition) is 2. The van der Waals surface area contributed by atoms with Crippen molar-refractivity contribution >= 4 is 41.2 Å². The number of rotatable bonds is 4. The van der Waals surface area contributed by atoms with Crippen molar-refractivity contribution < 1.29 is 9.21 Å². The molecule has 2 aromatic rings. The van der Waals surface area contributed by atoms with Crippen molar-refractivity contribution in [1.82, 2.24) is 15.6 Å². The van der Waals surface area contributed by atoms with E-state index in [1.54, 1.807) is 11.8 Å². The van der Waals surface area contributed by atoms with Crippen LogP contribution in [-0.2, 0) is 11.2 Å². The zero-order chi connectivity index (χ0) is 13.9. The van der Waals surface area contributed by atoms with Crippen LogP contribution in [0.2, 0.25) is 0 Å². The third-order valence-corrected chi connectivity index (χ3v) is 4.28. The SMILES string of the molecule is Cc1cccc2oc(CCNC(=O)C3CSCN3)nc12.Cl. The van der Waals surface area contributed by atoms with Crippen LogP contribution in [0, 0.1) is 6.92 Å². The third kappa shape index (κ3) is 3.70. The van der Waals surface area contributed by atoms with E-state index >= 15 is 0 Å². The Morgan fingerprint density at radius 3 is 3.14 bits per heavy atom. The molecule has 0 spiro atoms. The van der Waals surface area contributed by atoms with E-state index in [-0.39, 0.29) is 24.4 Å². The van der Waals surface area contributed by atoms with Gasteiger partial charge in [-0.05, 0) is 18.6 Å². The average Bonchev–Trinajstić information content (AvgIpc) is 3.07. The van der Waals surface area contributed by atoms with Crippen LogP contribution in [0.25, 0.3) is 11.1 Å². The van der Waals surface area contributed by atoms with Gasteiger partial charge in [0, 0.05) is 24.6 Å². The van der Waals surface area contributed by atoms with Gasteiger partial charge in [-0.1, -0.05) is 12.1 Å². The second-order valence-electron chi connectivity index (χ2n) is 4.84. The molecule has 7 heteroatoms. The number of carbonyl (C=O) groups excluding carboxylic acids is 1. The first-order chi connectivity index (χ1) is 9.74. The standard InChI is InChI=1S/C14H17N3O2S.ClH/c1-9-3-2-4-11-13(9)17-12(19-11)5-6-15-14(18)10-7-20-8-16-10;/h2-4,10,16H,5-8H2,1H3,(H,15,18);1H. The molecule has 1 aliphatic rings. The zero-order valence-electron chi connectivity index (χ0n) is 11.7. The molecule has 1 saturated heterocycles. The molecule has 1 fully saturated rings. The van der Waals surface area contributed by atoms with Crippen LogP contribution < -0.4 is 10.6 Å². The van der Waals surface area contributed by atoms with Crippen molar-refractivity contribution in [2.75, 3.05) is 18.2 Å². The molecule has 1 aliphatic heterocycles. The van der Waals surface area contributed by atoms with Gasteiger partial charge in [-0.25, -0.2) is 4.98 Å². The number of nitrogens with zero attached hydrogens (tertiary/aromatic N) is 1. The molecule has 2 heterocycles. The van der Waals surface area contributed by atoms with E-state index in [0.29, 0.717) is 18.9 Å². The molecule has 3 rings (SSSR count). The normalized spacial score (nSPS) is 17.7. The summed E-state index contributed by atoms with van der Waals surface area (Å²) in [5.41, 5.74) is 2.82. The number of benzene rings is 1. The summed E-state index contributed by atoms with van der Waals surface area (Å²) >= 11 is 1.74. The van der Waals surface area contributed by atoms with Crippen LogP contribution in [0.3, 0.4) is 0 Å². The van der Waals surface area contributed by atoms with Gasteiger partial charge in [-0.3, -0.25) is 10.1 Å². The highest BCUT2D eigenvalue weighted by Crippen LogP contribution is 2.18. The van der Waals surface area contributed by atoms with Crippen LogP contribution >= 0.6 is 24.2 Å². The van der Waals surface area contributed by atoms with Gasteiger partial charge in [0.25, 0.3) is 0 Å². The quantitative estimate of drug-likeness (QED) is 0.897. The molecule has 1 unspecified atom stereocenters. The Balaban J connectivity index is 0.00000161. The summed E-state index contributed by atoms with van der Waals surface area (Å²) in [4.78, 5) is 16.3.